The molecule has 0 spiro atoms. The highest BCUT2D eigenvalue weighted by atomic mass is 79.9. The van der Waals surface area contributed by atoms with Crippen LogP contribution in [0.3, 0.4) is 0 Å². The summed E-state index contributed by atoms with van der Waals surface area (Å²) in [5.74, 6) is 1.09. The highest BCUT2D eigenvalue weighted by Crippen LogP contribution is 2.32. The standard InChI is InChI=1S/C23H19BrN6O3/c24-18-4-2-1-3-17(18)21(31)29-23(32)28-15-7-9-16(10-8-15)33-22-19-20(25-12-26-22)30(13-27-19)11-14-5-6-14/h1-4,7-10,12-14H,5-6,11H2,(H2,28,29,31,32). The van der Waals surface area contributed by atoms with Gasteiger partial charge in [-0.1, -0.05) is 12.1 Å². The van der Waals surface area contributed by atoms with Crippen molar-refractivity contribution < 1.29 is 14.3 Å². The number of urea groups is 1. The molecule has 0 saturated heterocycles. The Labute approximate surface area is 197 Å². The molecule has 0 aliphatic heterocycles. The van der Waals surface area contributed by atoms with Crippen molar-refractivity contribution in [2.45, 2.75) is 19.4 Å². The molecule has 2 aromatic heterocycles. The molecule has 1 saturated carbocycles. The van der Waals surface area contributed by atoms with Gasteiger partial charge in [-0.3, -0.25) is 10.1 Å². The van der Waals surface area contributed by atoms with Crippen LogP contribution < -0.4 is 15.4 Å². The first-order chi connectivity index (χ1) is 16.1. The monoisotopic (exact) mass is 506 g/mol. The van der Waals surface area contributed by atoms with Crippen LogP contribution in [0.15, 0.2) is 65.7 Å². The van der Waals surface area contributed by atoms with Gasteiger partial charge in [0.15, 0.2) is 11.2 Å². The first-order valence-electron chi connectivity index (χ1n) is 10.4. The number of amides is 3. The molecule has 10 heteroatoms. The van der Waals surface area contributed by atoms with E-state index < -0.39 is 11.9 Å². The minimum absolute atomic E-state index is 0.368. The lowest BCUT2D eigenvalue weighted by atomic mass is 10.2. The molecule has 0 unspecified atom stereocenters. The number of nitrogens with zero attached hydrogens (tertiary/aromatic N) is 4. The average Bonchev–Trinajstić information content (AvgIpc) is 3.53. The fourth-order valence-electron chi connectivity index (χ4n) is 3.34. The number of imide groups is 1. The van der Waals surface area contributed by atoms with Gasteiger partial charge in [0.2, 0.25) is 0 Å². The minimum Gasteiger partial charge on any atom is -0.437 e. The van der Waals surface area contributed by atoms with Crippen LogP contribution in [0.2, 0.25) is 0 Å². The summed E-state index contributed by atoms with van der Waals surface area (Å²) < 4.78 is 8.54. The lowest BCUT2D eigenvalue weighted by Crippen LogP contribution is -2.34. The van der Waals surface area contributed by atoms with Gasteiger partial charge in [-0.25, -0.2) is 14.8 Å². The fourth-order valence-corrected chi connectivity index (χ4v) is 3.81. The lowest BCUT2D eigenvalue weighted by molar-refractivity contribution is 0.0966. The van der Waals surface area contributed by atoms with E-state index in [1.807, 2.05) is 4.57 Å². The number of carbonyl (C=O) groups is 2. The van der Waals surface area contributed by atoms with Crippen LogP contribution in [-0.2, 0) is 6.54 Å². The molecule has 33 heavy (non-hydrogen) atoms. The molecule has 0 radical (unpaired) electrons. The van der Waals surface area contributed by atoms with Crippen LogP contribution >= 0.6 is 15.9 Å². The van der Waals surface area contributed by atoms with E-state index in [1.54, 1.807) is 54.9 Å². The zero-order chi connectivity index (χ0) is 22.8. The van der Waals surface area contributed by atoms with E-state index >= 15 is 0 Å². The average molecular weight is 507 g/mol. The second kappa shape index (κ2) is 8.99. The summed E-state index contributed by atoms with van der Waals surface area (Å²) in [7, 11) is 0. The molecule has 9 nitrogen and oxygen atoms in total. The van der Waals surface area contributed by atoms with E-state index in [-0.39, 0.29) is 0 Å². The number of aromatic nitrogens is 4. The van der Waals surface area contributed by atoms with Gasteiger partial charge in [0.05, 0.1) is 11.9 Å². The molecule has 2 aromatic carbocycles. The Bertz CT molecular complexity index is 1330. The number of halogens is 1. The smallest absolute Gasteiger partial charge is 0.326 e. The largest absolute Gasteiger partial charge is 0.437 e. The van der Waals surface area contributed by atoms with Gasteiger partial charge in [0.25, 0.3) is 11.8 Å². The number of fused-ring (bicyclic) bond motifs is 1. The topological polar surface area (TPSA) is 111 Å². The Kier molecular flexibility index (Phi) is 5.74. The Balaban J connectivity index is 1.23. The summed E-state index contributed by atoms with van der Waals surface area (Å²) in [4.78, 5) is 37.4. The highest BCUT2D eigenvalue weighted by molar-refractivity contribution is 9.10. The van der Waals surface area contributed by atoms with Gasteiger partial charge in [-0.15, -0.1) is 0 Å². The van der Waals surface area contributed by atoms with Crippen molar-refractivity contribution in [3.05, 3.63) is 71.2 Å². The Morgan fingerprint density at radius 1 is 1.06 bits per heavy atom. The van der Waals surface area contributed by atoms with E-state index in [2.05, 4.69) is 41.5 Å². The van der Waals surface area contributed by atoms with E-state index in [9.17, 15) is 9.59 Å². The number of hydrogen-bond donors (Lipinski definition) is 2. The van der Waals surface area contributed by atoms with Crippen molar-refractivity contribution in [3.8, 4) is 11.6 Å². The SMILES string of the molecule is O=C(NC(=O)c1ccccc1Br)Nc1ccc(Oc2ncnc3c2ncn3CC2CC2)cc1. The number of ether oxygens (including phenoxy) is 1. The molecule has 0 atom stereocenters. The fraction of sp³-hybridized carbons (Fsp3) is 0.174. The number of anilines is 1. The third kappa shape index (κ3) is 4.85. The van der Waals surface area contributed by atoms with Crippen LogP contribution in [0.25, 0.3) is 11.2 Å². The maximum atomic E-state index is 12.3. The molecule has 1 fully saturated rings. The van der Waals surface area contributed by atoms with Crippen molar-refractivity contribution in [1.29, 1.82) is 0 Å². The Hall–Kier alpha value is -3.79. The number of rotatable bonds is 6. The van der Waals surface area contributed by atoms with Crippen molar-refractivity contribution >= 4 is 44.7 Å². The Morgan fingerprint density at radius 3 is 2.61 bits per heavy atom. The van der Waals surface area contributed by atoms with Crippen LogP contribution in [-0.4, -0.2) is 31.5 Å². The van der Waals surface area contributed by atoms with Crippen molar-refractivity contribution in [2.75, 3.05) is 5.32 Å². The number of hydrogen-bond acceptors (Lipinski definition) is 6. The quantitative estimate of drug-likeness (QED) is 0.390. The maximum absolute atomic E-state index is 12.3. The maximum Gasteiger partial charge on any atom is 0.326 e. The van der Waals surface area contributed by atoms with Crippen molar-refractivity contribution in [1.82, 2.24) is 24.8 Å². The minimum atomic E-state index is -0.636. The molecule has 2 heterocycles. The van der Waals surface area contributed by atoms with E-state index in [0.717, 1.165) is 12.2 Å². The molecule has 166 valence electrons. The van der Waals surface area contributed by atoms with E-state index in [0.29, 0.717) is 38.8 Å². The Morgan fingerprint density at radius 2 is 1.85 bits per heavy atom. The van der Waals surface area contributed by atoms with Gasteiger partial charge >= 0.3 is 6.03 Å². The molecule has 1 aliphatic rings. The normalized spacial score (nSPS) is 13.0. The summed E-state index contributed by atoms with van der Waals surface area (Å²) in [5, 5.41) is 4.93. The van der Waals surface area contributed by atoms with Gasteiger partial charge < -0.3 is 14.6 Å². The van der Waals surface area contributed by atoms with Crippen LogP contribution in [0.1, 0.15) is 23.2 Å². The van der Waals surface area contributed by atoms with Crippen molar-refractivity contribution in [2.24, 2.45) is 5.92 Å². The van der Waals surface area contributed by atoms with E-state index in [1.165, 1.54) is 19.2 Å². The van der Waals surface area contributed by atoms with Gasteiger partial charge in [0, 0.05) is 16.7 Å². The lowest BCUT2D eigenvalue weighted by Gasteiger charge is -2.09. The second-order valence-electron chi connectivity index (χ2n) is 7.71. The third-order valence-corrected chi connectivity index (χ3v) is 5.88. The van der Waals surface area contributed by atoms with Gasteiger partial charge in [0.1, 0.15) is 12.1 Å². The second-order valence-corrected chi connectivity index (χ2v) is 8.56. The number of benzene rings is 2. The molecule has 3 amide bonds. The summed E-state index contributed by atoms with van der Waals surface area (Å²) >= 11 is 3.30. The molecule has 5 rings (SSSR count). The van der Waals surface area contributed by atoms with Gasteiger partial charge in [-0.05, 0) is 71.1 Å². The zero-order valence-corrected chi connectivity index (χ0v) is 18.9. The predicted octanol–water partition coefficient (Wildman–Crippen LogP) is 4.75. The molecule has 2 N–H and O–H groups in total. The predicted molar refractivity (Wildman–Crippen MR) is 125 cm³/mol. The van der Waals surface area contributed by atoms with Crippen LogP contribution in [0.4, 0.5) is 10.5 Å². The molecule has 4 aromatic rings. The number of nitrogens with one attached hydrogen (secondary N) is 2. The molecular formula is C23H19BrN6O3. The van der Waals surface area contributed by atoms with Gasteiger partial charge in [-0.2, -0.15) is 4.98 Å². The first kappa shape index (κ1) is 21.1. The zero-order valence-electron chi connectivity index (χ0n) is 17.4. The third-order valence-electron chi connectivity index (χ3n) is 5.19. The van der Waals surface area contributed by atoms with Crippen LogP contribution in [0.5, 0.6) is 11.6 Å². The summed E-state index contributed by atoms with van der Waals surface area (Å²) in [5.41, 5.74) is 2.22. The number of imidazole rings is 1. The summed E-state index contributed by atoms with van der Waals surface area (Å²) in [6, 6.07) is 13.0. The van der Waals surface area contributed by atoms with Crippen molar-refractivity contribution in [3.63, 3.8) is 0 Å². The summed E-state index contributed by atoms with van der Waals surface area (Å²) in [6.45, 7) is 0.902. The first-order valence-corrected chi connectivity index (χ1v) is 11.2. The summed E-state index contributed by atoms with van der Waals surface area (Å²) in [6.07, 6.45) is 5.71. The highest BCUT2D eigenvalue weighted by Gasteiger charge is 2.23. The number of carbonyl (C=O) groups excluding carboxylic acids is 2. The van der Waals surface area contributed by atoms with E-state index in [4.69, 9.17) is 4.74 Å². The molecule has 0 bridgehead atoms. The van der Waals surface area contributed by atoms with Crippen LogP contribution in [0, 0.1) is 5.92 Å². The molecule has 1 aliphatic carbocycles. The molecular weight excluding hydrogens is 488 g/mol.